The molecule has 1 unspecified atom stereocenters. The van der Waals surface area contributed by atoms with E-state index in [0.717, 1.165) is 22.6 Å². The van der Waals surface area contributed by atoms with Gasteiger partial charge >= 0.3 is 0 Å². The average Bonchev–Trinajstić information content (AvgIpc) is 3.16. The van der Waals surface area contributed by atoms with Crippen LogP contribution in [-0.4, -0.2) is 15.7 Å². The van der Waals surface area contributed by atoms with Gasteiger partial charge in [-0.25, -0.2) is 9.07 Å². The zero-order valence-corrected chi connectivity index (χ0v) is 18.5. The lowest BCUT2D eigenvalue weighted by atomic mass is 9.92. The summed E-state index contributed by atoms with van der Waals surface area (Å²) in [6, 6.07) is 16.1. The molecule has 3 rings (SSSR count). The second kappa shape index (κ2) is 8.73. The fourth-order valence-corrected chi connectivity index (χ4v) is 3.27. The number of amides is 1. The molecule has 0 aliphatic rings. The van der Waals surface area contributed by atoms with Crippen molar-refractivity contribution in [3.8, 4) is 11.8 Å². The summed E-state index contributed by atoms with van der Waals surface area (Å²) in [6.07, 6.45) is 0. The third-order valence-corrected chi connectivity index (χ3v) is 5.25. The fraction of sp³-hybridized carbons (Fsp3) is 0.320. The first-order valence-electron chi connectivity index (χ1n) is 10.2. The Morgan fingerprint density at radius 1 is 1.23 bits per heavy atom. The standard InChI is InChI=1S/C25H27FN4O/c1-16-7-6-8-20(11-16)30-21(13-23(29-30)25(3,4)5)15-28-24(31)17(2)18-9-10-19(14-27)22(26)12-18/h6-13,17H,15H2,1-5H3,(H,28,31). The molecular weight excluding hydrogens is 391 g/mol. The van der Waals surface area contributed by atoms with Gasteiger partial charge in [0.15, 0.2) is 0 Å². The van der Waals surface area contributed by atoms with Gasteiger partial charge in [0.05, 0.1) is 35.1 Å². The number of aryl methyl sites for hydroxylation is 1. The topological polar surface area (TPSA) is 70.7 Å². The van der Waals surface area contributed by atoms with Crippen molar-refractivity contribution in [1.29, 1.82) is 5.26 Å². The van der Waals surface area contributed by atoms with E-state index in [-0.39, 0.29) is 16.9 Å². The highest BCUT2D eigenvalue weighted by atomic mass is 19.1. The maximum atomic E-state index is 13.9. The van der Waals surface area contributed by atoms with Gasteiger partial charge in [-0.15, -0.1) is 0 Å². The summed E-state index contributed by atoms with van der Waals surface area (Å²) in [5, 5.41) is 16.6. The van der Waals surface area contributed by atoms with Crippen LogP contribution in [0.25, 0.3) is 5.69 Å². The average molecular weight is 419 g/mol. The number of nitrogens with one attached hydrogen (secondary N) is 1. The van der Waals surface area contributed by atoms with Gasteiger partial charge in [0.2, 0.25) is 5.91 Å². The second-order valence-corrected chi connectivity index (χ2v) is 8.81. The molecule has 5 nitrogen and oxygen atoms in total. The van der Waals surface area contributed by atoms with E-state index >= 15 is 0 Å². The first-order chi connectivity index (χ1) is 14.6. The Hall–Kier alpha value is -3.46. The maximum Gasteiger partial charge on any atom is 0.227 e. The summed E-state index contributed by atoms with van der Waals surface area (Å²) in [7, 11) is 0. The molecule has 6 heteroatoms. The monoisotopic (exact) mass is 418 g/mol. The molecule has 1 heterocycles. The van der Waals surface area contributed by atoms with Crippen LogP contribution in [-0.2, 0) is 16.8 Å². The second-order valence-electron chi connectivity index (χ2n) is 8.81. The van der Waals surface area contributed by atoms with Crippen molar-refractivity contribution < 1.29 is 9.18 Å². The van der Waals surface area contributed by atoms with E-state index in [2.05, 4.69) is 26.1 Å². The first kappa shape index (κ1) is 22.2. The van der Waals surface area contributed by atoms with Gasteiger partial charge in [-0.1, -0.05) is 39.0 Å². The van der Waals surface area contributed by atoms with Crippen molar-refractivity contribution in [1.82, 2.24) is 15.1 Å². The number of aromatic nitrogens is 2. The molecule has 0 saturated carbocycles. The van der Waals surface area contributed by atoms with E-state index in [9.17, 15) is 9.18 Å². The van der Waals surface area contributed by atoms with E-state index in [1.165, 1.54) is 12.1 Å². The first-order valence-corrected chi connectivity index (χ1v) is 10.2. The van der Waals surface area contributed by atoms with Crippen LogP contribution in [0.1, 0.15) is 61.7 Å². The Bertz CT molecular complexity index is 1150. The number of hydrogen-bond donors (Lipinski definition) is 1. The predicted molar refractivity (Wildman–Crippen MR) is 118 cm³/mol. The number of halogens is 1. The van der Waals surface area contributed by atoms with Gasteiger partial charge in [0.1, 0.15) is 11.9 Å². The highest BCUT2D eigenvalue weighted by Crippen LogP contribution is 2.24. The van der Waals surface area contributed by atoms with Gasteiger partial charge in [0, 0.05) is 5.41 Å². The third-order valence-electron chi connectivity index (χ3n) is 5.25. The maximum absolute atomic E-state index is 13.9. The summed E-state index contributed by atoms with van der Waals surface area (Å²) < 4.78 is 15.8. The van der Waals surface area contributed by atoms with E-state index in [4.69, 9.17) is 10.4 Å². The molecule has 0 bridgehead atoms. The van der Waals surface area contributed by atoms with Crippen LogP contribution in [0.15, 0.2) is 48.5 Å². The normalized spacial score (nSPS) is 12.3. The number of carbonyl (C=O) groups is 1. The van der Waals surface area contributed by atoms with E-state index < -0.39 is 11.7 Å². The molecule has 0 fully saturated rings. The highest BCUT2D eigenvalue weighted by molar-refractivity contribution is 5.83. The predicted octanol–water partition coefficient (Wildman–Crippen LogP) is 4.91. The molecule has 2 aromatic carbocycles. The third kappa shape index (κ3) is 5.00. The van der Waals surface area contributed by atoms with Crippen LogP contribution in [0.3, 0.4) is 0 Å². The summed E-state index contributed by atoms with van der Waals surface area (Å²) in [5.74, 6) is -1.40. The molecule has 31 heavy (non-hydrogen) atoms. The molecular formula is C25H27FN4O. The van der Waals surface area contributed by atoms with Crippen LogP contribution in [0, 0.1) is 24.1 Å². The van der Waals surface area contributed by atoms with Gasteiger partial charge in [-0.2, -0.15) is 10.4 Å². The Balaban J connectivity index is 1.83. The van der Waals surface area contributed by atoms with E-state index in [0.29, 0.717) is 12.1 Å². The van der Waals surface area contributed by atoms with Crippen LogP contribution < -0.4 is 5.32 Å². The Labute approximate surface area is 182 Å². The van der Waals surface area contributed by atoms with Crippen LogP contribution in [0.5, 0.6) is 0 Å². The summed E-state index contributed by atoms with van der Waals surface area (Å²) in [4.78, 5) is 12.8. The molecule has 1 atom stereocenters. The molecule has 0 aliphatic heterocycles. The van der Waals surface area contributed by atoms with Crippen molar-refractivity contribution in [3.05, 3.63) is 82.4 Å². The molecule has 0 aliphatic carbocycles. The van der Waals surface area contributed by atoms with Crippen LogP contribution in [0.2, 0.25) is 0 Å². The summed E-state index contributed by atoms with van der Waals surface area (Å²) in [5.41, 5.74) is 4.20. The van der Waals surface area contributed by atoms with Crippen LogP contribution >= 0.6 is 0 Å². The zero-order valence-electron chi connectivity index (χ0n) is 18.5. The summed E-state index contributed by atoms with van der Waals surface area (Å²) in [6.45, 7) is 10.3. The largest absolute Gasteiger partial charge is 0.350 e. The fourth-order valence-electron chi connectivity index (χ4n) is 3.27. The summed E-state index contributed by atoms with van der Waals surface area (Å²) >= 11 is 0. The molecule has 1 amide bonds. The van der Waals surface area contributed by atoms with Crippen LogP contribution in [0.4, 0.5) is 4.39 Å². The Morgan fingerprint density at radius 2 is 1.97 bits per heavy atom. The molecule has 3 aromatic rings. The van der Waals surface area contributed by atoms with Crippen molar-refractivity contribution in [2.45, 2.75) is 52.5 Å². The van der Waals surface area contributed by atoms with Crippen molar-refractivity contribution in [2.75, 3.05) is 0 Å². The zero-order chi connectivity index (χ0) is 22.8. The minimum atomic E-state index is -0.619. The molecule has 0 spiro atoms. The van der Waals surface area contributed by atoms with Gasteiger partial charge in [0.25, 0.3) is 0 Å². The lowest BCUT2D eigenvalue weighted by Gasteiger charge is -2.14. The number of benzene rings is 2. The minimum absolute atomic E-state index is 0.0341. The van der Waals surface area contributed by atoms with Crippen molar-refractivity contribution in [2.24, 2.45) is 0 Å². The number of rotatable bonds is 5. The Morgan fingerprint density at radius 3 is 2.58 bits per heavy atom. The smallest absolute Gasteiger partial charge is 0.227 e. The SMILES string of the molecule is Cc1cccc(-n2nc(C(C)(C)C)cc2CNC(=O)C(C)c2ccc(C#N)c(F)c2)c1. The lowest BCUT2D eigenvalue weighted by Crippen LogP contribution is -2.28. The van der Waals surface area contributed by atoms with Gasteiger partial charge < -0.3 is 5.32 Å². The highest BCUT2D eigenvalue weighted by Gasteiger charge is 2.22. The molecule has 0 radical (unpaired) electrons. The number of nitrogens with zero attached hydrogens (tertiary/aromatic N) is 3. The molecule has 160 valence electrons. The number of carbonyl (C=O) groups excluding carboxylic acids is 1. The molecule has 1 N–H and O–H groups in total. The quantitative estimate of drug-likeness (QED) is 0.640. The van der Waals surface area contributed by atoms with Crippen molar-refractivity contribution in [3.63, 3.8) is 0 Å². The lowest BCUT2D eigenvalue weighted by molar-refractivity contribution is -0.122. The van der Waals surface area contributed by atoms with E-state index in [1.807, 2.05) is 41.9 Å². The minimum Gasteiger partial charge on any atom is -0.350 e. The molecule has 1 aromatic heterocycles. The van der Waals surface area contributed by atoms with Gasteiger partial charge in [-0.3, -0.25) is 4.79 Å². The Kier molecular flexibility index (Phi) is 6.26. The number of hydrogen-bond acceptors (Lipinski definition) is 3. The van der Waals surface area contributed by atoms with Gasteiger partial charge in [-0.05, 0) is 55.3 Å². The molecule has 0 saturated heterocycles. The number of nitriles is 1. The van der Waals surface area contributed by atoms with Crippen molar-refractivity contribution >= 4 is 5.91 Å². The van der Waals surface area contributed by atoms with E-state index in [1.54, 1.807) is 19.1 Å².